The van der Waals surface area contributed by atoms with Gasteiger partial charge in [-0.25, -0.2) is 0 Å². The first-order valence-electron chi connectivity index (χ1n) is 16.5. The summed E-state index contributed by atoms with van der Waals surface area (Å²) in [7, 11) is 0. The molecule has 41 heavy (non-hydrogen) atoms. The number of unbranched alkanes of at least 4 members (excludes halogenated alkanes) is 3. The number of hydrogen-bond acceptors (Lipinski definition) is 2. The van der Waals surface area contributed by atoms with Crippen molar-refractivity contribution in [2.75, 3.05) is 0 Å². The van der Waals surface area contributed by atoms with E-state index in [0.717, 1.165) is 44.4 Å². The molecule has 3 aliphatic rings. The molecule has 0 saturated heterocycles. The topological polar surface area (TPSA) is 57.5 Å². The van der Waals surface area contributed by atoms with Crippen LogP contribution in [0.25, 0.3) is 0 Å². The van der Waals surface area contributed by atoms with E-state index in [9.17, 15) is 15.0 Å². The standard InChI is InChI=1S/C38H50O3/c39-34-23-21-32(22-24-34)35-28-30-16-12-19-33(27-30)38(25-10-3-11-26-38)36(37(40)41)20-9-8-18-31(35)17-5-2-1-4-13-29-14-6-7-15-29/h6,8-9,12,14,16,19,21-24,27,29,31,35-36,39H,1-5,7,10-11,13,15,17-18,20,25-26,28H2,(H,40,41). The number of aromatic hydroxyl groups is 1. The Kier molecular flexibility index (Phi) is 10.4. The number of hydrogen-bond donors (Lipinski definition) is 2. The van der Waals surface area contributed by atoms with Gasteiger partial charge in [-0.05, 0) is 104 Å². The molecule has 3 heteroatoms. The molecule has 2 bridgehead atoms. The fraction of sp³-hybridized carbons (Fsp3) is 0.553. The molecule has 0 aliphatic heterocycles. The van der Waals surface area contributed by atoms with Gasteiger partial charge >= 0.3 is 5.97 Å². The quantitative estimate of drug-likeness (QED) is 0.239. The normalized spacial score (nSPS) is 26.0. The van der Waals surface area contributed by atoms with Gasteiger partial charge in [-0.15, -0.1) is 0 Å². The lowest BCUT2D eigenvalue weighted by Gasteiger charge is -2.42. The van der Waals surface area contributed by atoms with Crippen molar-refractivity contribution in [1.82, 2.24) is 0 Å². The molecule has 1 fully saturated rings. The second-order valence-electron chi connectivity index (χ2n) is 13.2. The highest BCUT2D eigenvalue weighted by Crippen LogP contribution is 2.48. The average Bonchev–Trinajstić information content (AvgIpc) is 3.51. The lowest BCUT2D eigenvalue weighted by molar-refractivity contribution is -0.145. The maximum atomic E-state index is 12.7. The van der Waals surface area contributed by atoms with Crippen LogP contribution in [0.3, 0.4) is 0 Å². The molecule has 0 heterocycles. The number of allylic oxidation sites excluding steroid dienone is 4. The first-order valence-corrected chi connectivity index (χ1v) is 16.5. The van der Waals surface area contributed by atoms with Crippen LogP contribution in [0.5, 0.6) is 5.75 Å². The highest BCUT2D eigenvalue weighted by atomic mass is 16.4. The van der Waals surface area contributed by atoms with Crippen molar-refractivity contribution in [3.63, 3.8) is 0 Å². The molecular formula is C38H50O3. The van der Waals surface area contributed by atoms with Crippen molar-refractivity contribution < 1.29 is 15.0 Å². The van der Waals surface area contributed by atoms with Gasteiger partial charge in [0, 0.05) is 5.41 Å². The summed E-state index contributed by atoms with van der Waals surface area (Å²) in [4.78, 5) is 12.7. The number of phenolic OH excluding ortho intramolecular Hbond substituents is 1. The molecule has 0 amide bonds. The second kappa shape index (κ2) is 14.4. The van der Waals surface area contributed by atoms with Crippen molar-refractivity contribution in [2.24, 2.45) is 17.8 Å². The number of fused-ring (bicyclic) bond motifs is 3. The third kappa shape index (κ3) is 7.53. The van der Waals surface area contributed by atoms with Gasteiger partial charge in [0.15, 0.2) is 0 Å². The molecular weight excluding hydrogens is 504 g/mol. The Morgan fingerprint density at radius 3 is 2.34 bits per heavy atom. The summed E-state index contributed by atoms with van der Waals surface area (Å²) in [6.45, 7) is 0. The van der Waals surface area contributed by atoms with E-state index in [1.807, 2.05) is 12.1 Å². The molecule has 2 N–H and O–H groups in total. The van der Waals surface area contributed by atoms with E-state index in [2.05, 4.69) is 60.7 Å². The van der Waals surface area contributed by atoms with Crippen LogP contribution in [0.2, 0.25) is 0 Å². The van der Waals surface area contributed by atoms with Crippen LogP contribution < -0.4 is 0 Å². The Balaban J connectivity index is 1.38. The Bertz CT molecular complexity index is 1170. The van der Waals surface area contributed by atoms with Gasteiger partial charge < -0.3 is 10.2 Å². The van der Waals surface area contributed by atoms with E-state index in [-0.39, 0.29) is 11.3 Å². The third-order valence-electron chi connectivity index (χ3n) is 10.5. The predicted octanol–water partition coefficient (Wildman–Crippen LogP) is 9.89. The highest BCUT2D eigenvalue weighted by molar-refractivity contribution is 5.73. The van der Waals surface area contributed by atoms with Crippen molar-refractivity contribution in [2.45, 2.75) is 114 Å². The molecule has 3 nitrogen and oxygen atoms in total. The van der Waals surface area contributed by atoms with E-state index in [0.29, 0.717) is 24.0 Å². The zero-order valence-electron chi connectivity index (χ0n) is 24.9. The number of carbonyl (C=O) groups is 1. The van der Waals surface area contributed by atoms with Crippen molar-refractivity contribution in [1.29, 1.82) is 0 Å². The van der Waals surface area contributed by atoms with Crippen LogP contribution in [-0.2, 0) is 16.6 Å². The lowest BCUT2D eigenvalue weighted by atomic mass is 9.60. The predicted molar refractivity (Wildman–Crippen MR) is 168 cm³/mol. The smallest absolute Gasteiger partial charge is 0.307 e. The molecule has 4 atom stereocenters. The fourth-order valence-corrected chi connectivity index (χ4v) is 8.21. The summed E-state index contributed by atoms with van der Waals surface area (Å²) in [5.74, 6) is 0.931. The van der Waals surface area contributed by atoms with Gasteiger partial charge in [-0.2, -0.15) is 0 Å². The SMILES string of the molecule is O=C(O)C1CC=CCC(CCCCCCC2C=CCC2)C(c2ccc(O)cc2)Cc2cccc(c2)C12CCCCC2. The van der Waals surface area contributed by atoms with Crippen LogP contribution >= 0.6 is 0 Å². The summed E-state index contributed by atoms with van der Waals surface area (Å²) in [5.41, 5.74) is 3.56. The summed E-state index contributed by atoms with van der Waals surface area (Å²) < 4.78 is 0. The average molecular weight is 555 g/mol. The minimum Gasteiger partial charge on any atom is -0.508 e. The maximum Gasteiger partial charge on any atom is 0.307 e. The maximum absolute atomic E-state index is 12.7. The molecule has 1 saturated carbocycles. The van der Waals surface area contributed by atoms with E-state index >= 15 is 0 Å². The van der Waals surface area contributed by atoms with Crippen LogP contribution in [0, 0.1) is 17.8 Å². The first kappa shape index (κ1) is 29.7. The van der Waals surface area contributed by atoms with Crippen molar-refractivity contribution >= 4 is 5.97 Å². The number of carboxylic acids is 1. The number of carboxylic acid groups (broad SMARTS) is 1. The van der Waals surface area contributed by atoms with E-state index in [4.69, 9.17) is 0 Å². The zero-order chi connectivity index (χ0) is 28.5. The molecule has 3 aliphatic carbocycles. The van der Waals surface area contributed by atoms with E-state index in [1.54, 1.807) is 0 Å². The minimum absolute atomic E-state index is 0.286. The monoisotopic (exact) mass is 554 g/mol. The molecule has 4 unspecified atom stereocenters. The summed E-state index contributed by atoms with van der Waals surface area (Å²) in [6.07, 6.45) is 27.3. The lowest BCUT2D eigenvalue weighted by Crippen LogP contribution is -2.41. The molecule has 220 valence electrons. The van der Waals surface area contributed by atoms with Crippen LogP contribution in [0.1, 0.15) is 119 Å². The number of aliphatic carboxylic acids is 1. The van der Waals surface area contributed by atoms with Crippen molar-refractivity contribution in [3.05, 3.63) is 89.5 Å². The van der Waals surface area contributed by atoms with Gasteiger partial charge in [0.05, 0.1) is 5.92 Å². The Labute approximate surface area is 247 Å². The van der Waals surface area contributed by atoms with Gasteiger partial charge in [0.25, 0.3) is 0 Å². The number of phenols is 1. The van der Waals surface area contributed by atoms with Gasteiger partial charge in [-0.3, -0.25) is 4.79 Å². The van der Waals surface area contributed by atoms with E-state index in [1.165, 1.54) is 74.5 Å². The Hall–Kier alpha value is -2.81. The van der Waals surface area contributed by atoms with Crippen LogP contribution in [-0.4, -0.2) is 16.2 Å². The van der Waals surface area contributed by atoms with Crippen LogP contribution in [0.15, 0.2) is 72.8 Å². The number of benzene rings is 2. The summed E-state index contributed by atoms with van der Waals surface area (Å²) >= 11 is 0. The van der Waals surface area contributed by atoms with E-state index < -0.39 is 5.97 Å². The molecule has 0 aromatic heterocycles. The summed E-state index contributed by atoms with van der Waals surface area (Å²) in [5, 5.41) is 20.5. The number of rotatable bonds is 9. The van der Waals surface area contributed by atoms with Crippen molar-refractivity contribution in [3.8, 4) is 5.75 Å². The zero-order valence-corrected chi connectivity index (χ0v) is 24.9. The van der Waals surface area contributed by atoms with Crippen LogP contribution in [0.4, 0.5) is 0 Å². The molecule has 1 spiro atoms. The molecule has 2 aromatic carbocycles. The highest BCUT2D eigenvalue weighted by Gasteiger charge is 2.44. The molecule has 0 radical (unpaired) electrons. The van der Waals surface area contributed by atoms with Gasteiger partial charge in [0.2, 0.25) is 0 Å². The summed E-state index contributed by atoms with van der Waals surface area (Å²) in [6, 6.07) is 16.9. The largest absolute Gasteiger partial charge is 0.508 e. The second-order valence-corrected chi connectivity index (χ2v) is 13.2. The molecule has 5 rings (SSSR count). The van der Waals surface area contributed by atoms with Gasteiger partial charge in [0.1, 0.15) is 5.75 Å². The molecule has 2 aromatic rings. The minimum atomic E-state index is -0.648. The Morgan fingerprint density at radius 1 is 0.854 bits per heavy atom. The fourth-order valence-electron chi connectivity index (χ4n) is 8.21. The third-order valence-corrected chi connectivity index (χ3v) is 10.5. The first-order chi connectivity index (χ1) is 20.0. The Morgan fingerprint density at radius 2 is 1.61 bits per heavy atom. The van der Waals surface area contributed by atoms with Gasteiger partial charge in [-0.1, -0.05) is 106 Å².